The van der Waals surface area contributed by atoms with E-state index >= 15 is 0 Å². The van der Waals surface area contributed by atoms with E-state index < -0.39 is 0 Å². The lowest BCUT2D eigenvalue weighted by Crippen LogP contribution is -2.45. The smallest absolute Gasteiger partial charge is 0.234 e. The standard InChI is InChI=1S/C16H22N4O/c1-12(2)19-15(16(17)21)8-9-20-11-14(10-18-20)13-6-4-3-5-7-13/h3-7,10-12,15,19H,8-9H2,1-2H3,(H2,17,21). The molecule has 0 saturated heterocycles. The highest BCUT2D eigenvalue weighted by Crippen LogP contribution is 2.17. The summed E-state index contributed by atoms with van der Waals surface area (Å²) in [6, 6.07) is 9.99. The molecule has 0 bridgehead atoms. The fourth-order valence-electron chi connectivity index (χ4n) is 2.24. The van der Waals surface area contributed by atoms with Gasteiger partial charge in [0.25, 0.3) is 0 Å². The van der Waals surface area contributed by atoms with Gasteiger partial charge in [-0.1, -0.05) is 44.2 Å². The zero-order valence-electron chi connectivity index (χ0n) is 12.5. The van der Waals surface area contributed by atoms with Gasteiger partial charge in [0.05, 0.1) is 12.2 Å². The summed E-state index contributed by atoms with van der Waals surface area (Å²) in [4.78, 5) is 11.4. The predicted molar refractivity (Wildman–Crippen MR) is 83.5 cm³/mol. The topological polar surface area (TPSA) is 72.9 Å². The Hall–Kier alpha value is -2.14. The van der Waals surface area contributed by atoms with Crippen molar-refractivity contribution in [2.75, 3.05) is 0 Å². The maximum Gasteiger partial charge on any atom is 0.234 e. The van der Waals surface area contributed by atoms with Crippen LogP contribution in [0.5, 0.6) is 0 Å². The van der Waals surface area contributed by atoms with Gasteiger partial charge in [0.15, 0.2) is 0 Å². The maximum absolute atomic E-state index is 11.4. The van der Waals surface area contributed by atoms with Crippen LogP contribution in [0.4, 0.5) is 0 Å². The number of primary amides is 1. The molecule has 0 aliphatic heterocycles. The highest BCUT2D eigenvalue weighted by atomic mass is 16.1. The number of amides is 1. The Labute approximate surface area is 125 Å². The third-order valence-corrected chi connectivity index (χ3v) is 3.27. The van der Waals surface area contributed by atoms with Gasteiger partial charge in [-0.25, -0.2) is 0 Å². The molecule has 0 aliphatic rings. The molecule has 1 aromatic heterocycles. The van der Waals surface area contributed by atoms with Crippen molar-refractivity contribution in [1.29, 1.82) is 0 Å². The van der Waals surface area contributed by atoms with E-state index in [2.05, 4.69) is 10.4 Å². The molecule has 5 nitrogen and oxygen atoms in total. The van der Waals surface area contributed by atoms with Gasteiger partial charge in [-0.05, 0) is 12.0 Å². The van der Waals surface area contributed by atoms with Gasteiger partial charge >= 0.3 is 0 Å². The Balaban J connectivity index is 1.98. The molecule has 0 radical (unpaired) electrons. The predicted octanol–water partition coefficient (Wildman–Crippen LogP) is 1.79. The van der Waals surface area contributed by atoms with E-state index in [0.717, 1.165) is 11.1 Å². The van der Waals surface area contributed by atoms with Gasteiger partial charge in [0.2, 0.25) is 5.91 Å². The van der Waals surface area contributed by atoms with E-state index in [0.29, 0.717) is 13.0 Å². The van der Waals surface area contributed by atoms with E-state index in [4.69, 9.17) is 5.73 Å². The van der Waals surface area contributed by atoms with Crippen LogP contribution >= 0.6 is 0 Å². The number of aromatic nitrogens is 2. The zero-order chi connectivity index (χ0) is 15.2. The molecule has 0 saturated carbocycles. The summed E-state index contributed by atoms with van der Waals surface area (Å²) in [6.07, 6.45) is 4.46. The Morgan fingerprint density at radius 1 is 1.29 bits per heavy atom. The summed E-state index contributed by atoms with van der Waals surface area (Å²) in [7, 11) is 0. The van der Waals surface area contributed by atoms with Crippen molar-refractivity contribution in [3.63, 3.8) is 0 Å². The van der Waals surface area contributed by atoms with Crippen LogP contribution in [0.15, 0.2) is 42.7 Å². The Morgan fingerprint density at radius 2 is 2.00 bits per heavy atom. The van der Waals surface area contributed by atoms with E-state index in [9.17, 15) is 4.79 Å². The number of nitrogens with two attached hydrogens (primary N) is 1. The van der Waals surface area contributed by atoms with Crippen molar-refractivity contribution in [2.24, 2.45) is 5.73 Å². The van der Waals surface area contributed by atoms with Gasteiger partial charge in [-0.3, -0.25) is 9.48 Å². The highest BCUT2D eigenvalue weighted by molar-refractivity contribution is 5.79. The van der Waals surface area contributed by atoms with E-state index in [1.807, 2.05) is 61.3 Å². The number of rotatable bonds is 7. The number of hydrogen-bond acceptors (Lipinski definition) is 3. The monoisotopic (exact) mass is 286 g/mol. The maximum atomic E-state index is 11.4. The van der Waals surface area contributed by atoms with E-state index in [-0.39, 0.29) is 18.0 Å². The van der Waals surface area contributed by atoms with Crippen LogP contribution < -0.4 is 11.1 Å². The van der Waals surface area contributed by atoms with E-state index in [1.54, 1.807) is 0 Å². The average molecular weight is 286 g/mol. The minimum Gasteiger partial charge on any atom is -0.368 e. The first kappa shape index (κ1) is 15.3. The second-order valence-corrected chi connectivity index (χ2v) is 5.42. The molecule has 5 heteroatoms. The number of nitrogens with zero attached hydrogens (tertiary/aromatic N) is 2. The Kier molecular flexibility index (Phi) is 5.11. The molecule has 112 valence electrons. The van der Waals surface area contributed by atoms with Crippen LogP contribution in [-0.2, 0) is 11.3 Å². The van der Waals surface area contributed by atoms with Gasteiger partial charge in [0.1, 0.15) is 0 Å². The number of carbonyl (C=O) groups is 1. The van der Waals surface area contributed by atoms with Crippen molar-refractivity contribution in [3.05, 3.63) is 42.7 Å². The first-order valence-electron chi connectivity index (χ1n) is 7.19. The van der Waals surface area contributed by atoms with Crippen LogP contribution in [0.25, 0.3) is 11.1 Å². The van der Waals surface area contributed by atoms with Crippen molar-refractivity contribution in [3.8, 4) is 11.1 Å². The van der Waals surface area contributed by atoms with Crippen LogP contribution in [0, 0.1) is 0 Å². The number of aryl methyl sites for hydroxylation is 1. The van der Waals surface area contributed by atoms with Crippen LogP contribution in [0.2, 0.25) is 0 Å². The van der Waals surface area contributed by atoms with Crippen LogP contribution in [0.3, 0.4) is 0 Å². The minimum atomic E-state index is -0.325. The van der Waals surface area contributed by atoms with Crippen LogP contribution in [0.1, 0.15) is 20.3 Å². The van der Waals surface area contributed by atoms with Gasteiger partial charge in [-0.15, -0.1) is 0 Å². The molecule has 1 atom stereocenters. The SMILES string of the molecule is CC(C)NC(CCn1cc(-c2ccccc2)cn1)C(N)=O. The summed E-state index contributed by atoms with van der Waals surface area (Å²) in [5.41, 5.74) is 7.62. The number of nitrogens with one attached hydrogen (secondary N) is 1. The van der Waals surface area contributed by atoms with Crippen molar-refractivity contribution in [2.45, 2.75) is 38.9 Å². The molecule has 3 N–H and O–H groups in total. The number of hydrogen-bond donors (Lipinski definition) is 2. The lowest BCUT2D eigenvalue weighted by atomic mass is 10.1. The molecule has 0 aliphatic carbocycles. The zero-order valence-corrected chi connectivity index (χ0v) is 12.5. The fourth-order valence-corrected chi connectivity index (χ4v) is 2.24. The van der Waals surface area contributed by atoms with Gasteiger partial charge < -0.3 is 11.1 Å². The third-order valence-electron chi connectivity index (χ3n) is 3.27. The van der Waals surface area contributed by atoms with Crippen LogP contribution in [-0.4, -0.2) is 27.8 Å². The molecule has 21 heavy (non-hydrogen) atoms. The molecule has 0 spiro atoms. The Morgan fingerprint density at radius 3 is 2.62 bits per heavy atom. The lowest BCUT2D eigenvalue weighted by Gasteiger charge is -2.17. The molecular formula is C16H22N4O. The summed E-state index contributed by atoms with van der Waals surface area (Å²) >= 11 is 0. The number of benzene rings is 1. The molecule has 0 fully saturated rings. The summed E-state index contributed by atoms with van der Waals surface area (Å²) in [5.74, 6) is -0.320. The third kappa shape index (κ3) is 4.43. The lowest BCUT2D eigenvalue weighted by molar-refractivity contribution is -0.120. The largest absolute Gasteiger partial charge is 0.368 e. The van der Waals surface area contributed by atoms with Crippen molar-refractivity contribution >= 4 is 5.91 Å². The van der Waals surface area contributed by atoms with Gasteiger partial charge in [-0.2, -0.15) is 5.10 Å². The molecular weight excluding hydrogens is 264 g/mol. The molecule has 2 aromatic rings. The Bertz CT molecular complexity index is 577. The summed E-state index contributed by atoms with van der Waals surface area (Å²) < 4.78 is 1.85. The van der Waals surface area contributed by atoms with Gasteiger partial charge in [0, 0.05) is 24.3 Å². The molecule has 1 amide bonds. The first-order chi connectivity index (χ1) is 10.1. The number of carbonyl (C=O) groups excluding carboxylic acids is 1. The fraction of sp³-hybridized carbons (Fsp3) is 0.375. The molecule has 2 rings (SSSR count). The van der Waals surface area contributed by atoms with Crippen molar-refractivity contribution < 1.29 is 4.79 Å². The molecule has 1 aromatic carbocycles. The molecule has 1 heterocycles. The first-order valence-corrected chi connectivity index (χ1v) is 7.19. The quantitative estimate of drug-likeness (QED) is 0.815. The second kappa shape index (κ2) is 7.04. The highest BCUT2D eigenvalue weighted by Gasteiger charge is 2.16. The van der Waals surface area contributed by atoms with Crippen molar-refractivity contribution in [1.82, 2.24) is 15.1 Å². The van der Waals surface area contributed by atoms with E-state index in [1.165, 1.54) is 0 Å². The molecule has 1 unspecified atom stereocenters. The normalized spacial score (nSPS) is 12.5. The summed E-state index contributed by atoms with van der Waals surface area (Å²) in [6.45, 7) is 4.65. The second-order valence-electron chi connectivity index (χ2n) is 5.42. The average Bonchev–Trinajstić information content (AvgIpc) is 2.92. The summed E-state index contributed by atoms with van der Waals surface area (Å²) in [5, 5.41) is 7.51. The minimum absolute atomic E-state index is 0.222.